The van der Waals surface area contributed by atoms with E-state index in [2.05, 4.69) is 0 Å². The van der Waals surface area contributed by atoms with Crippen LogP contribution in [0.5, 0.6) is 0 Å². The summed E-state index contributed by atoms with van der Waals surface area (Å²) < 4.78 is 30.5. The Morgan fingerprint density at radius 1 is 1.19 bits per heavy atom. The number of hydrogen-bond acceptors (Lipinski definition) is 6. The molecule has 0 N–H and O–H groups in total. The highest BCUT2D eigenvalue weighted by Gasteiger charge is 2.40. The quantitative estimate of drug-likeness (QED) is 0.691. The summed E-state index contributed by atoms with van der Waals surface area (Å²) in [6.07, 6.45) is 1.53. The summed E-state index contributed by atoms with van der Waals surface area (Å²) in [4.78, 5) is 37.9. The van der Waals surface area contributed by atoms with Gasteiger partial charge in [0.25, 0.3) is 15.9 Å². The molecule has 1 aromatic rings. The third-order valence-corrected chi connectivity index (χ3v) is 6.89. The molecule has 0 radical (unpaired) electrons. The SMILES string of the molecule is COC(=O)C1CCN(C(=O)CCCN2C(=O)c3ccccc3S2(=O)=O)CC1. The van der Waals surface area contributed by atoms with E-state index in [0.717, 1.165) is 4.31 Å². The summed E-state index contributed by atoms with van der Waals surface area (Å²) in [6, 6.07) is 6.11. The average molecular weight is 394 g/mol. The molecule has 2 aliphatic rings. The summed E-state index contributed by atoms with van der Waals surface area (Å²) in [7, 11) is -2.48. The molecule has 1 fully saturated rings. The first-order valence-electron chi connectivity index (χ1n) is 8.88. The molecule has 9 heteroatoms. The van der Waals surface area contributed by atoms with Crippen LogP contribution in [0.3, 0.4) is 0 Å². The van der Waals surface area contributed by atoms with Gasteiger partial charge < -0.3 is 9.64 Å². The maximum Gasteiger partial charge on any atom is 0.308 e. The lowest BCUT2D eigenvalue weighted by Gasteiger charge is -2.30. The van der Waals surface area contributed by atoms with Crippen LogP contribution in [0.1, 0.15) is 36.0 Å². The minimum atomic E-state index is -3.83. The predicted octanol–water partition coefficient (Wildman–Crippen LogP) is 1.02. The summed E-state index contributed by atoms with van der Waals surface area (Å²) in [5, 5.41) is 0. The van der Waals surface area contributed by atoms with Crippen molar-refractivity contribution in [2.45, 2.75) is 30.6 Å². The van der Waals surface area contributed by atoms with Crippen molar-refractivity contribution in [3.05, 3.63) is 29.8 Å². The van der Waals surface area contributed by atoms with E-state index in [1.807, 2.05) is 0 Å². The van der Waals surface area contributed by atoms with Crippen molar-refractivity contribution < 1.29 is 27.5 Å². The standard InChI is InChI=1S/C18H22N2O6S/c1-26-18(23)13-8-11-19(12-9-13)16(21)7-4-10-20-17(22)14-5-2-3-6-15(14)27(20,24)25/h2-3,5-6,13H,4,7-12H2,1H3. The smallest absolute Gasteiger partial charge is 0.308 e. The number of fused-ring (bicyclic) bond motifs is 1. The fourth-order valence-electron chi connectivity index (χ4n) is 3.52. The van der Waals surface area contributed by atoms with E-state index in [1.165, 1.54) is 19.2 Å². The maximum atomic E-state index is 12.5. The zero-order valence-electron chi connectivity index (χ0n) is 15.1. The summed E-state index contributed by atoms with van der Waals surface area (Å²) in [5.41, 5.74) is 0.175. The number of nitrogens with zero attached hydrogens (tertiary/aromatic N) is 2. The highest BCUT2D eigenvalue weighted by Crippen LogP contribution is 2.30. The number of esters is 1. The van der Waals surface area contributed by atoms with Crippen molar-refractivity contribution in [1.82, 2.24) is 9.21 Å². The van der Waals surface area contributed by atoms with E-state index in [-0.39, 0.29) is 47.6 Å². The number of carbonyl (C=O) groups excluding carboxylic acids is 3. The minimum absolute atomic E-state index is 0.0196. The van der Waals surface area contributed by atoms with Crippen molar-refractivity contribution >= 4 is 27.8 Å². The molecule has 0 aliphatic carbocycles. The normalized spacial score (nSPS) is 19.1. The van der Waals surface area contributed by atoms with E-state index in [0.29, 0.717) is 25.9 Å². The van der Waals surface area contributed by atoms with Crippen LogP contribution in [0.2, 0.25) is 0 Å². The molecule has 0 atom stereocenters. The van der Waals surface area contributed by atoms with Crippen LogP contribution in [0, 0.1) is 5.92 Å². The lowest BCUT2D eigenvalue weighted by Crippen LogP contribution is -2.40. The molecule has 2 amide bonds. The molecular weight excluding hydrogens is 372 g/mol. The second kappa shape index (κ2) is 7.67. The zero-order valence-corrected chi connectivity index (χ0v) is 15.9. The highest BCUT2D eigenvalue weighted by atomic mass is 32.2. The lowest BCUT2D eigenvalue weighted by atomic mass is 9.97. The van der Waals surface area contributed by atoms with E-state index < -0.39 is 15.9 Å². The number of ether oxygens (including phenoxy) is 1. The first kappa shape index (κ1) is 19.3. The molecule has 0 spiro atoms. The minimum Gasteiger partial charge on any atom is -0.469 e. The lowest BCUT2D eigenvalue weighted by molar-refractivity contribution is -0.148. The van der Waals surface area contributed by atoms with Gasteiger partial charge in [0.05, 0.1) is 18.6 Å². The number of piperidine rings is 1. The van der Waals surface area contributed by atoms with Crippen molar-refractivity contribution in [3.63, 3.8) is 0 Å². The van der Waals surface area contributed by atoms with Crippen LogP contribution in [0.25, 0.3) is 0 Å². The molecule has 0 bridgehead atoms. The Balaban J connectivity index is 1.52. The Kier molecular flexibility index (Phi) is 5.50. The molecule has 2 aliphatic heterocycles. The molecule has 27 heavy (non-hydrogen) atoms. The first-order valence-corrected chi connectivity index (χ1v) is 10.3. The van der Waals surface area contributed by atoms with Crippen molar-refractivity contribution in [3.8, 4) is 0 Å². The first-order chi connectivity index (χ1) is 12.9. The van der Waals surface area contributed by atoms with Gasteiger partial charge in [0, 0.05) is 26.1 Å². The number of rotatable bonds is 5. The van der Waals surface area contributed by atoms with Crippen LogP contribution < -0.4 is 0 Å². The molecule has 8 nitrogen and oxygen atoms in total. The summed E-state index contributed by atoms with van der Waals surface area (Å²) in [6.45, 7) is 0.927. The number of methoxy groups -OCH3 is 1. The zero-order chi connectivity index (χ0) is 19.6. The van der Waals surface area contributed by atoms with Gasteiger partial charge >= 0.3 is 5.97 Å². The van der Waals surface area contributed by atoms with Gasteiger partial charge in [0.15, 0.2) is 0 Å². The van der Waals surface area contributed by atoms with Gasteiger partial charge in [-0.05, 0) is 31.4 Å². The largest absolute Gasteiger partial charge is 0.469 e. The molecule has 3 rings (SSSR count). The van der Waals surface area contributed by atoms with Crippen molar-refractivity contribution in [2.75, 3.05) is 26.7 Å². The third kappa shape index (κ3) is 3.69. The van der Waals surface area contributed by atoms with Crippen LogP contribution in [0.15, 0.2) is 29.2 Å². The van der Waals surface area contributed by atoms with Crippen LogP contribution in [-0.4, -0.2) is 62.2 Å². The van der Waals surface area contributed by atoms with Crippen molar-refractivity contribution in [2.24, 2.45) is 5.92 Å². The van der Waals surface area contributed by atoms with Crippen LogP contribution in [0.4, 0.5) is 0 Å². The Morgan fingerprint density at radius 2 is 1.85 bits per heavy atom. The average Bonchev–Trinajstić information content (AvgIpc) is 2.88. The summed E-state index contributed by atoms with van der Waals surface area (Å²) in [5.74, 6) is -1.07. The Morgan fingerprint density at radius 3 is 2.48 bits per heavy atom. The van der Waals surface area contributed by atoms with Crippen LogP contribution in [-0.2, 0) is 24.3 Å². The number of likely N-dealkylation sites (tertiary alicyclic amines) is 1. The molecule has 2 heterocycles. The monoisotopic (exact) mass is 394 g/mol. The Labute approximate surface area is 158 Å². The van der Waals surface area contributed by atoms with Gasteiger partial charge in [-0.25, -0.2) is 12.7 Å². The second-order valence-corrected chi connectivity index (χ2v) is 8.49. The maximum absolute atomic E-state index is 12.5. The van der Waals surface area contributed by atoms with E-state index in [4.69, 9.17) is 4.74 Å². The molecule has 146 valence electrons. The molecule has 0 aromatic heterocycles. The van der Waals surface area contributed by atoms with E-state index >= 15 is 0 Å². The van der Waals surface area contributed by atoms with Crippen LogP contribution >= 0.6 is 0 Å². The molecule has 1 saturated heterocycles. The molecule has 0 unspecified atom stereocenters. The highest BCUT2D eigenvalue weighted by molar-refractivity contribution is 7.90. The van der Waals surface area contributed by atoms with Gasteiger partial charge in [-0.2, -0.15) is 0 Å². The van der Waals surface area contributed by atoms with Gasteiger partial charge in [-0.1, -0.05) is 12.1 Å². The topological polar surface area (TPSA) is 101 Å². The van der Waals surface area contributed by atoms with E-state index in [9.17, 15) is 22.8 Å². The molecular formula is C18H22N2O6S. The van der Waals surface area contributed by atoms with Gasteiger partial charge in [0.2, 0.25) is 5.91 Å². The van der Waals surface area contributed by atoms with Gasteiger partial charge in [-0.3, -0.25) is 14.4 Å². The molecule has 1 aromatic carbocycles. The predicted molar refractivity (Wildman–Crippen MR) is 95.2 cm³/mol. The number of carbonyl (C=O) groups is 3. The Hall–Kier alpha value is -2.42. The number of benzene rings is 1. The van der Waals surface area contributed by atoms with Gasteiger partial charge in [0.1, 0.15) is 4.90 Å². The third-order valence-electron chi connectivity index (χ3n) is 5.05. The van der Waals surface area contributed by atoms with E-state index in [1.54, 1.807) is 17.0 Å². The van der Waals surface area contributed by atoms with Crippen molar-refractivity contribution in [1.29, 1.82) is 0 Å². The number of amides is 2. The second-order valence-electron chi connectivity index (χ2n) is 6.66. The summed E-state index contributed by atoms with van der Waals surface area (Å²) >= 11 is 0. The Bertz CT molecular complexity index is 858. The number of sulfonamides is 1. The fourth-order valence-corrected chi connectivity index (χ4v) is 5.12. The van der Waals surface area contributed by atoms with Gasteiger partial charge in [-0.15, -0.1) is 0 Å². The number of hydrogen-bond donors (Lipinski definition) is 0. The fraction of sp³-hybridized carbons (Fsp3) is 0.500. The molecule has 0 saturated carbocycles.